The Morgan fingerprint density at radius 2 is 1.73 bits per heavy atom. The molecule has 0 amide bonds. The van der Waals surface area contributed by atoms with Gasteiger partial charge in [-0.15, -0.1) is 8.78 Å². The van der Waals surface area contributed by atoms with Crippen LogP contribution in [-0.2, 0) is 11.0 Å². The van der Waals surface area contributed by atoms with Crippen molar-refractivity contribution in [3.63, 3.8) is 0 Å². The van der Waals surface area contributed by atoms with Crippen LogP contribution in [0.25, 0.3) is 0 Å². The van der Waals surface area contributed by atoms with Gasteiger partial charge in [0.25, 0.3) is 0 Å². The van der Waals surface area contributed by atoms with Gasteiger partial charge in [-0.25, -0.2) is 8.51 Å². The second-order valence-electron chi connectivity index (χ2n) is 5.70. The molecule has 0 saturated carbocycles. The maximum absolute atomic E-state index is 13.0. The van der Waals surface area contributed by atoms with Gasteiger partial charge in [-0.3, -0.25) is 4.90 Å². The summed E-state index contributed by atoms with van der Waals surface area (Å²) in [5.74, 6) is -0.107. The second kappa shape index (κ2) is 4.74. The largest absolute Gasteiger partial charge is 0.586 e. The van der Waals surface area contributed by atoms with Crippen molar-refractivity contribution in [1.29, 1.82) is 0 Å². The molecule has 0 radical (unpaired) electrons. The molecule has 1 atom stereocenters. The number of nitrogens with zero attached hydrogens (tertiary/aromatic N) is 2. The molecule has 1 aromatic carbocycles. The molecule has 3 heterocycles. The van der Waals surface area contributed by atoms with Crippen LogP contribution in [0.4, 0.5) is 8.78 Å². The molecule has 3 aliphatic rings. The number of benzene rings is 1. The van der Waals surface area contributed by atoms with Gasteiger partial charge in [-0.2, -0.15) is 0 Å². The fraction of sp³-hybridized carbons (Fsp3) is 0.429. The van der Waals surface area contributed by atoms with Crippen molar-refractivity contribution in [2.24, 2.45) is 0 Å². The van der Waals surface area contributed by atoms with E-state index in [0.717, 1.165) is 13.1 Å². The standard InChI is InChI=1S/C14H14F2N2O3S/c1-17-5-9-7-18(8-10(9)6-17)22(19)11-2-3-12-13(4-11)21-14(15,16)20-12/h2-4H,5-8H2,1H3. The zero-order valence-corrected chi connectivity index (χ0v) is 12.7. The van der Waals surface area contributed by atoms with Crippen molar-refractivity contribution in [2.75, 3.05) is 33.2 Å². The Balaban J connectivity index is 1.51. The van der Waals surface area contributed by atoms with E-state index in [1.807, 2.05) is 4.31 Å². The van der Waals surface area contributed by atoms with Crippen molar-refractivity contribution in [3.05, 3.63) is 29.3 Å². The summed E-state index contributed by atoms with van der Waals surface area (Å²) in [5.41, 5.74) is 2.62. The smallest absolute Gasteiger partial charge is 0.395 e. The number of hydrogen-bond acceptors (Lipinski definition) is 4. The first kappa shape index (κ1) is 14.1. The first-order valence-electron chi connectivity index (χ1n) is 6.86. The number of halogens is 2. The lowest BCUT2D eigenvalue weighted by atomic mass is 10.2. The van der Waals surface area contributed by atoms with Gasteiger partial charge in [0.15, 0.2) is 11.5 Å². The average molecular weight is 328 g/mol. The lowest BCUT2D eigenvalue weighted by molar-refractivity contribution is -0.286. The fourth-order valence-electron chi connectivity index (χ4n) is 3.04. The number of likely N-dealkylation sites (N-methyl/N-ethyl adjacent to an activating group) is 1. The summed E-state index contributed by atoms with van der Waals surface area (Å²) in [4.78, 5) is 2.66. The van der Waals surface area contributed by atoms with E-state index in [-0.39, 0.29) is 11.5 Å². The molecule has 118 valence electrons. The molecule has 0 saturated heterocycles. The lowest BCUT2D eigenvalue weighted by Crippen LogP contribution is -2.29. The third kappa shape index (κ3) is 2.31. The van der Waals surface area contributed by atoms with E-state index in [0.29, 0.717) is 18.0 Å². The van der Waals surface area contributed by atoms with E-state index >= 15 is 0 Å². The van der Waals surface area contributed by atoms with Crippen LogP contribution in [0, 0.1) is 0 Å². The number of fused-ring (bicyclic) bond motifs is 1. The maximum atomic E-state index is 13.0. The monoisotopic (exact) mass is 328 g/mol. The summed E-state index contributed by atoms with van der Waals surface area (Å²) in [6, 6.07) is 4.27. The van der Waals surface area contributed by atoms with Crippen LogP contribution >= 0.6 is 0 Å². The zero-order chi connectivity index (χ0) is 15.5. The summed E-state index contributed by atoms with van der Waals surface area (Å²) in [5, 5.41) is 0. The molecule has 5 nitrogen and oxygen atoms in total. The third-order valence-corrected chi connectivity index (χ3v) is 5.35. The predicted octanol–water partition coefficient (Wildman–Crippen LogP) is 1.59. The van der Waals surface area contributed by atoms with E-state index in [1.165, 1.54) is 29.3 Å². The molecule has 8 heteroatoms. The van der Waals surface area contributed by atoms with Crippen molar-refractivity contribution in [1.82, 2.24) is 9.21 Å². The SMILES string of the molecule is CN1CC2=C(C1)CN(S(=O)c1ccc3c(c1)OC(F)(F)O3)C2. The van der Waals surface area contributed by atoms with Crippen molar-refractivity contribution < 1.29 is 22.5 Å². The average Bonchev–Trinajstić information content (AvgIpc) is 3.05. The molecule has 22 heavy (non-hydrogen) atoms. The Hall–Kier alpha value is -1.51. The zero-order valence-electron chi connectivity index (χ0n) is 11.8. The second-order valence-corrected chi connectivity index (χ2v) is 7.19. The van der Waals surface area contributed by atoms with Gasteiger partial charge >= 0.3 is 6.29 Å². The van der Waals surface area contributed by atoms with Gasteiger partial charge in [0, 0.05) is 32.2 Å². The van der Waals surface area contributed by atoms with E-state index in [1.54, 1.807) is 0 Å². The topological polar surface area (TPSA) is 42.0 Å². The van der Waals surface area contributed by atoms with Crippen LogP contribution in [0.15, 0.2) is 34.2 Å². The molecule has 1 aromatic rings. The van der Waals surface area contributed by atoms with Crippen LogP contribution < -0.4 is 9.47 Å². The normalized spacial score (nSPS) is 24.9. The van der Waals surface area contributed by atoms with Crippen LogP contribution in [-0.4, -0.2) is 52.9 Å². The van der Waals surface area contributed by atoms with E-state index in [9.17, 15) is 13.0 Å². The molecular weight excluding hydrogens is 314 g/mol. The number of alkyl halides is 2. The molecule has 1 unspecified atom stereocenters. The molecule has 0 N–H and O–H groups in total. The minimum atomic E-state index is -3.65. The van der Waals surface area contributed by atoms with E-state index < -0.39 is 17.3 Å². The summed E-state index contributed by atoms with van der Waals surface area (Å²) >= 11 is 0. The van der Waals surface area contributed by atoms with Crippen molar-refractivity contribution in [3.8, 4) is 11.5 Å². The minimum Gasteiger partial charge on any atom is -0.395 e. The van der Waals surface area contributed by atoms with Crippen LogP contribution in [0.3, 0.4) is 0 Å². The number of ether oxygens (including phenoxy) is 2. The molecule has 0 aliphatic carbocycles. The maximum Gasteiger partial charge on any atom is 0.586 e. The fourth-order valence-corrected chi connectivity index (χ4v) is 4.28. The molecule has 0 aromatic heterocycles. The first-order valence-corrected chi connectivity index (χ1v) is 7.97. The molecular formula is C14H14F2N2O3S. The van der Waals surface area contributed by atoms with Gasteiger partial charge in [0.05, 0.1) is 4.90 Å². The molecule has 4 rings (SSSR count). The molecule has 3 aliphatic heterocycles. The van der Waals surface area contributed by atoms with Crippen LogP contribution in [0.1, 0.15) is 0 Å². The van der Waals surface area contributed by atoms with Crippen LogP contribution in [0.5, 0.6) is 11.5 Å². The summed E-state index contributed by atoms with van der Waals surface area (Å²) < 4.78 is 49.3. The van der Waals surface area contributed by atoms with Crippen molar-refractivity contribution in [2.45, 2.75) is 11.2 Å². The van der Waals surface area contributed by atoms with E-state index in [2.05, 4.69) is 21.4 Å². The Morgan fingerprint density at radius 3 is 2.41 bits per heavy atom. The van der Waals surface area contributed by atoms with Gasteiger partial charge in [-0.05, 0) is 30.3 Å². The highest BCUT2D eigenvalue weighted by Crippen LogP contribution is 2.42. The summed E-state index contributed by atoms with van der Waals surface area (Å²) in [6.07, 6.45) is -3.65. The van der Waals surface area contributed by atoms with Crippen molar-refractivity contribution >= 4 is 11.0 Å². The highest BCUT2D eigenvalue weighted by Gasteiger charge is 2.43. The lowest BCUT2D eigenvalue weighted by Gasteiger charge is -2.19. The highest BCUT2D eigenvalue weighted by molar-refractivity contribution is 7.82. The summed E-state index contributed by atoms with van der Waals surface area (Å²) in [6.45, 7) is 3.10. The Bertz CT molecular complexity index is 689. The van der Waals surface area contributed by atoms with Gasteiger partial charge in [0.1, 0.15) is 11.0 Å². The quantitative estimate of drug-likeness (QED) is 0.773. The Labute approximate surface area is 128 Å². The highest BCUT2D eigenvalue weighted by atomic mass is 32.2. The van der Waals surface area contributed by atoms with Gasteiger partial charge in [-0.1, -0.05) is 0 Å². The molecule has 0 fully saturated rings. The predicted molar refractivity (Wildman–Crippen MR) is 75.1 cm³/mol. The first-order chi connectivity index (χ1) is 10.4. The Kier molecular flexibility index (Phi) is 3.04. The minimum absolute atomic E-state index is 0.0329. The Morgan fingerprint density at radius 1 is 1.09 bits per heavy atom. The van der Waals surface area contributed by atoms with Gasteiger partial charge < -0.3 is 9.47 Å². The van der Waals surface area contributed by atoms with E-state index in [4.69, 9.17) is 0 Å². The molecule has 0 spiro atoms. The van der Waals surface area contributed by atoms with Crippen LogP contribution in [0.2, 0.25) is 0 Å². The third-order valence-electron chi connectivity index (χ3n) is 3.96. The molecule has 0 bridgehead atoms. The summed E-state index contributed by atoms with van der Waals surface area (Å²) in [7, 11) is 0.650. The number of hydrogen-bond donors (Lipinski definition) is 0. The number of rotatable bonds is 2. The van der Waals surface area contributed by atoms with Gasteiger partial charge in [0.2, 0.25) is 0 Å².